The highest BCUT2D eigenvalue weighted by molar-refractivity contribution is 9.10. The van der Waals surface area contributed by atoms with E-state index in [-0.39, 0.29) is 12.2 Å². The van der Waals surface area contributed by atoms with Crippen molar-refractivity contribution >= 4 is 55.9 Å². The number of carbonyl (C=O) groups is 1. The van der Waals surface area contributed by atoms with Gasteiger partial charge in [0.1, 0.15) is 5.75 Å². The highest BCUT2D eigenvalue weighted by atomic mass is 79.9. The summed E-state index contributed by atoms with van der Waals surface area (Å²) in [4.78, 5) is 33.9. The monoisotopic (exact) mass is 717 g/mol. The molecule has 0 aliphatic carbocycles. The fraction of sp³-hybridized carbons (Fsp3) is 0.154. The Morgan fingerprint density at radius 3 is 2.48 bits per heavy atom. The lowest BCUT2D eigenvalue weighted by Gasteiger charge is -2.26. The molecule has 9 heteroatoms. The maximum atomic E-state index is 14.6. The maximum Gasteiger partial charge on any atom is 0.338 e. The number of fused-ring (bicyclic) bond motifs is 2. The van der Waals surface area contributed by atoms with E-state index in [1.165, 1.54) is 16.9 Å². The summed E-state index contributed by atoms with van der Waals surface area (Å²) in [5, 5.41) is 1.06. The number of benzene rings is 4. The van der Waals surface area contributed by atoms with Crippen LogP contribution >= 0.6 is 27.3 Å². The molecule has 1 aliphatic rings. The van der Waals surface area contributed by atoms with E-state index in [9.17, 15) is 9.59 Å². The van der Waals surface area contributed by atoms with E-state index in [4.69, 9.17) is 14.5 Å². The van der Waals surface area contributed by atoms with Crippen LogP contribution in [0, 0.1) is 6.92 Å². The first-order valence-corrected chi connectivity index (χ1v) is 17.2. The van der Waals surface area contributed by atoms with E-state index in [1.807, 2.05) is 84.9 Å². The van der Waals surface area contributed by atoms with Gasteiger partial charge < -0.3 is 14.0 Å². The lowest BCUT2D eigenvalue weighted by Crippen LogP contribution is -2.40. The zero-order valence-corrected chi connectivity index (χ0v) is 29.0. The van der Waals surface area contributed by atoms with Crippen molar-refractivity contribution in [1.29, 1.82) is 0 Å². The number of carbonyl (C=O) groups excluding carboxylic acids is 1. The average Bonchev–Trinajstić information content (AvgIpc) is 3.57. The number of methoxy groups -OCH3 is 1. The summed E-state index contributed by atoms with van der Waals surface area (Å²) < 4.78 is 16.6. The molecule has 0 spiro atoms. The topological polar surface area (TPSA) is 74.8 Å². The number of hydrogen-bond acceptors (Lipinski definition) is 6. The molecule has 0 saturated heterocycles. The number of ether oxygens (including phenoxy) is 2. The SMILES string of the molecule is CCOC(=O)C1=C(c2ccccc2)N=c2s/c(=C\c3c(C)n(Cc4ccc(Br)cc4)c4ccccc34)c(=O)n2[C@@H]1c1cccc(OC)c1. The smallest absolute Gasteiger partial charge is 0.338 e. The quantitative estimate of drug-likeness (QED) is 0.159. The molecule has 4 aromatic carbocycles. The molecule has 6 aromatic rings. The Hall–Kier alpha value is -4.99. The number of thiazole rings is 1. The molecule has 0 saturated carbocycles. The zero-order valence-electron chi connectivity index (χ0n) is 26.6. The maximum absolute atomic E-state index is 14.6. The highest BCUT2D eigenvalue weighted by Gasteiger charge is 2.35. The molecule has 1 aliphatic heterocycles. The molecule has 0 amide bonds. The van der Waals surface area contributed by atoms with E-state index in [1.54, 1.807) is 18.6 Å². The van der Waals surface area contributed by atoms with Gasteiger partial charge in [0.25, 0.3) is 5.56 Å². The molecule has 7 nitrogen and oxygen atoms in total. The Morgan fingerprint density at radius 1 is 0.979 bits per heavy atom. The van der Waals surface area contributed by atoms with E-state index >= 15 is 0 Å². The fourth-order valence-corrected chi connectivity index (χ4v) is 7.56. The van der Waals surface area contributed by atoms with Crippen molar-refractivity contribution in [3.8, 4) is 5.75 Å². The number of hydrogen-bond donors (Lipinski definition) is 0. The predicted molar refractivity (Wildman–Crippen MR) is 194 cm³/mol. The molecule has 2 aromatic heterocycles. The molecule has 48 heavy (non-hydrogen) atoms. The van der Waals surface area contributed by atoms with E-state index in [2.05, 4.69) is 51.7 Å². The molecule has 0 radical (unpaired) electrons. The minimum Gasteiger partial charge on any atom is -0.497 e. The first kappa shape index (κ1) is 31.6. The van der Waals surface area contributed by atoms with Gasteiger partial charge in [0.05, 0.1) is 35.6 Å². The van der Waals surface area contributed by atoms with E-state index in [0.717, 1.165) is 37.8 Å². The molecule has 240 valence electrons. The van der Waals surface area contributed by atoms with Crippen molar-refractivity contribution in [1.82, 2.24) is 9.13 Å². The summed E-state index contributed by atoms with van der Waals surface area (Å²) in [6, 6.07) is 32.8. The molecule has 7 rings (SSSR count). The lowest BCUT2D eigenvalue weighted by atomic mass is 9.93. The second-order valence-electron chi connectivity index (χ2n) is 11.4. The van der Waals surface area contributed by atoms with Crippen LogP contribution < -0.4 is 19.6 Å². The Labute approximate surface area is 289 Å². The van der Waals surface area contributed by atoms with Gasteiger partial charge in [-0.15, -0.1) is 0 Å². The number of halogens is 1. The molecular formula is C39H32BrN3O4S. The van der Waals surface area contributed by atoms with Gasteiger partial charge >= 0.3 is 5.97 Å². The van der Waals surface area contributed by atoms with Crippen LogP contribution in [0.25, 0.3) is 22.7 Å². The van der Waals surface area contributed by atoms with Crippen LogP contribution in [0.1, 0.15) is 40.9 Å². The normalized spacial score (nSPS) is 14.6. The minimum atomic E-state index is -0.785. The molecule has 3 heterocycles. The van der Waals surface area contributed by atoms with Gasteiger partial charge in [-0.25, -0.2) is 9.79 Å². The summed E-state index contributed by atoms with van der Waals surface area (Å²) in [5.41, 5.74) is 6.31. The summed E-state index contributed by atoms with van der Waals surface area (Å²) in [5.74, 6) is 0.0966. The molecule has 0 N–H and O–H groups in total. The lowest BCUT2D eigenvalue weighted by molar-refractivity contribution is -0.138. The number of para-hydroxylation sites is 1. The van der Waals surface area contributed by atoms with Gasteiger partial charge in [0.15, 0.2) is 4.80 Å². The van der Waals surface area contributed by atoms with Crippen LogP contribution in [0.4, 0.5) is 0 Å². The molecule has 1 atom stereocenters. The van der Waals surface area contributed by atoms with E-state index in [0.29, 0.717) is 32.9 Å². The average molecular weight is 719 g/mol. The van der Waals surface area contributed by atoms with Crippen molar-refractivity contribution in [3.63, 3.8) is 0 Å². The number of esters is 1. The van der Waals surface area contributed by atoms with Crippen LogP contribution in [0.3, 0.4) is 0 Å². The Kier molecular flexibility index (Phi) is 8.73. The van der Waals surface area contributed by atoms with Gasteiger partial charge in [0.2, 0.25) is 0 Å². The van der Waals surface area contributed by atoms with Crippen LogP contribution in [0.5, 0.6) is 5.75 Å². The summed E-state index contributed by atoms with van der Waals surface area (Å²) in [6.45, 7) is 4.73. The summed E-state index contributed by atoms with van der Waals surface area (Å²) >= 11 is 4.85. The summed E-state index contributed by atoms with van der Waals surface area (Å²) in [6.07, 6.45) is 1.97. The fourth-order valence-electron chi connectivity index (χ4n) is 6.31. The van der Waals surface area contributed by atoms with Crippen molar-refractivity contribution in [3.05, 3.63) is 161 Å². The van der Waals surface area contributed by atoms with Crippen molar-refractivity contribution in [2.45, 2.75) is 26.4 Å². The Balaban J connectivity index is 1.47. The highest BCUT2D eigenvalue weighted by Crippen LogP contribution is 2.36. The summed E-state index contributed by atoms with van der Waals surface area (Å²) in [7, 11) is 1.59. The standard InChI is InChI=1S/C39H32BrN3O4S/c1-4-47-38(45)34-35(26-11-6-5-7-12-26)41-39-43(36(34)27-13-10-14-29(21-27)46-3)37(44)33(48-39)22-31-24(2)42(32-16-9-8-15-30(31)32)23-25-17-19-28(40)20-18-25/h5-22,36H,4,23H2,1-3H3/b33-22-/t36-/m1/s1. The second-order valence-corrected chi connectivity index (χ2v) is 13.4. The van der Waals surface area contributed by atoms with Gasteiger partial charge in [-0.3, -0.25) is 9.36 Å². The van der Waals surface area contributed by atoms with Gasteiger partial charge in [-0.05, 0) is 61.4 Å². The number of aromatic nitrogens is 2. The number of nitrogens with zero attached hydrogens (tertiary/aromatic N) is 3. The number of rotatable bonds is 8. The van der Waals surface area contributed by atoms with Gasteiger partial charge in [-0.1, -0.05) is 100 Å². The minimum absolute atomic E-state index is 0.184. The third kappa shape index (κ3) is 5.73. The van der Waals surface area contributed by atoms with Crippen LogP contribution in [0.15, 0.2) is 123 Å². The van der Waals surface area contributed by atoms with Crippen LogP contribution in [0.2, 0.25) is 0 Å². The molecule has 0 bridgehead atoms. The molecule has 0 unspecified atom stereocenters. The largest absolute Gasteiger partial charge is 0.497 e. The van der Waals surface area contributed by atoms with Gasteiger partial charge in [-0.2, -0.15) is 0 Å². The van der Waals surface area contributed by atoms with Crippen molar-refractivity contribution in [2.75, 3.05) is 13.7 Å². The predicted octanol–water partition coefficient (Wildman–Crippen LogP) is 7.02. The molecular weight excluding hydrogens is 686 g/mol. The first-order valence-electron chi connectivity index (χ1n) is 15.6. The van der Waals surface area contributed by atoms with Crippen LogP contribution in [-0.2, 0) is 16.1 Å². The second kappa shape index (κ2) is 13.3. The van der Waals surface area contributed by atoms with E-state index < -0.39 is 12.0 Å². The zero-order chi connectivity index (χ0) is 33.4. The van der Waals surface area contributed by atoms with Crippen molar-refractivity contribution < 1.29 is 14.3 Å². The Bertz CT molecular complexity index is 2390. The van der Waals surface area contributed by atoms with Gasteiger partial charge in [0, 0.05) is 38.7 Å². The third-order valence-electron chi connectivity index (χ3n) is 8.59. The molecule has 0 fully saturated rings. The van der Waals surface area contributed by atoms with Crippen molar-refractivity contribution in [2.24, 2.45) is 4.99 Å². The third-order valence-corrected chi connectivity index (χ3v) is 10.1. The first-order chi connectivity index (χ1) is 23.4. The Morgan fingerprint density at radius 2 is 1.73 bits per heavy atom. The van der Waals surface area contributed by atoms with Crippen LogP contribution in [-0.4, -0.2) is 28.8 Å².